The second-order valence-corrected chi connectivity index (χ2v) is 8.16. The van der Waals surface area contributed by atoms with Gasteiger partial charge in [0.05, 0.1) is 6.54 Å². The Morgan fingerprint density at radius 1 is 1.31 bits per heavy atom. The first-order valence-electron chi connectivity index (χ1n) is 9.53. The fourth-order valence-corrected chi connectivity index (χ4v) is 4.33. The van der Waals surface area contributed by atoms with E-state index in [0.29, 0.717) is 12.5 Å². The first kappa shape index (κ1) is 19.1. The Labute approximate surface area is 160 Å². The summed E-state index contributed by atoms with van der Waals surface area (Å²) >= 11 is 1.64. The molecule has 1 fully saturated rings. The molecule has 26 heavy (non-hydrogen) atoms. The Balaban J connectivity index is 1.55. The van der Waals surface area contributed by atoms with Crippen molar-refractivity contribution in [1.29, 1.82) is 0 Å². The molecule has 0 bridgehead atoms. The van der Waals surface area contributed by atoms with Gasteiger partial charge in [-0.25, -0.2) is 0 Å². The molecule has 1 aromatic heterocycles. The summed E-state index contributed by atoms with van der Waals surface area (Å²) in [6.45, 7) is 6.54. The number of aliphatic hydroxyl groups is 1. The summed E-state index contributed by atoms with van der Waals surface area (Å²) in [5, 5.41) is 18.4. The zero-order chi connectivity index (χ0) is 18.4. The van der Waals surface area contributed by atoms with Crippen molar-refractivity contribution < 1.29 is 5.11 Å². The molecule has 1 aromatic carbocycles. The third-order valence-corrected chi connectivity index (χ3v) is 6.15. The molecule has 1 saturated heterocycles. The largest absolute Gasteiger partial charge is 0.386 e. The number of likely N-dealkylation sites (tertiary alicyclic amines) is 1. The van der Waals surface area contributed by atoms with Crippen LogP contribution in [0, 0.1) is 5.92 Å². The summed E-state index contributed by atoms with van der Waals surface area (Å²) in [7, 11) is 2.19. The average molecular weight is 375 g/mol. The number of benzene rings is 1. The maximum atomic E-state index is 10.5. The second-order valence-electron chi connectivity index (χ2n) is 7.05. The Hall–Kier alpha value is -1.63. The minimum atomic E-state index is -0.564. The molecule has 0 radical (unpaired) electrons. The number of guanidine groups is 1. The van der Waals surface area contributed by atoms with Crippen LogP contribution >= 0.6 is 11.3 Å². The third-order valence-electron chi connectivity index (χ3n) is 4.94. The Kier molecular flexibility index (Phi) is 6.88. The average Bonchev–Trinajstić information content (AvgIpc) is 3.09. The van der Waals surface area contributed by atoms with Crippen molar-refractivity contribution in [3.8, 4) is 0 Å². The van der Waals surface area contributed by atoms with Crippen LogP contribution in [0.15, 0.2) is 35.3 Å². The zero-order valence-corrected chi connectivity index (χ0v) is 16.6. The van der Waals surface area contributed by atoms with Crippen LogP contribution in [0.4, 0.5) is 0 Å². The molecular weight excluding hydrogens is 344 g/mol. The van der Waals surface area contributed by atoms with E-state index < -0.39 is 6.10 Å². The molecular formula is C20H30N4OS. The molecule has 3 N–H and O–H groups in total. The van der Waals surface area contributed by atoms with E-state index in [1.54, 1.807) is 11.3 Å². The summed E-state index contributed by atoms with van der Waals surface area (Å²) in [6.07, 6.45) is 1.90. The van der Waals surface area contributed by atoms with Crippen LogP contribution in [0.2, 0.25) is 0 Å². The van der Waals surface area contributed by atoms with Crippen LogP contribution in [0.1, 0.15) is 30.7 Å². The first-order chi connectivity index (χ1) is 12.7. The lowest BCUT2D eigenvalue weighted by atomic mass is 9.97. The number of thiophene rings is 1. The summed E-state index contributed by atoms with van der Waals surface area (Å²) in [4.78, 5) is 7.96. The van der Waals surface area contributed by atoms with Crippen molar-refractivity contribution >= 4 is 27.4 Å². The molecule has 1 unspecified atom stereocenters. The van der Waals surface area contributed by atoms with Gasteiger partial charge in [-0.1, -0.05) is 18.2 Å². The standard InChI is InChI=1S/C20H30N4OS/c1-3-21-20(22-13-15-8-10-24(2)11-9-15)23-14-17(25)19-12-16-6-4-5-7-18(16)26-19/h4-7,12,15,17,25H,3,8-11,13-14H2,1-2H3,(H2,21,22,23). The number of hydrogen-bond acceptors (Lipinski definition) is 4. The number of fused-ring (bicyclic) bond motifs is 1. The van der Waals surface area contributed by atoms with Crippen LogP contribution in [-0.4, -0.2) is 55.7 Å². The molecule has 2 aromatic rings. The zero-order valence-electron chi connectivity index (χ0n) is 15.7. The smallest absolute Gasteiger partial charge is 0.191 e. The molecule has 0 aliphatic carbocycles. The van der Waals surface area contributed by atoms with Crippen molar-refractivity contribution in [2.24, 2.45) is 10.9 Å². The molecule has 6 heteroatoms. The van der Waals surface area contributed by atoms with Crippen LogP contribution in [0.3, 0.4) is 0 Å². The number of hydrogen-bond donors (Lipinski definition) is 3. The predicted octanol–water partition coefficient (Wildman–Crippen LogP) is 2.83. The normalized spacial score (nSPS) is 18.2. The molecule has 1 atom stereocenters. The van der Waals surface area contributed by atoms with Gasteiger partial charge in [0.1, 0.15) is 6.10 Å². The summed E-state index contributed by atoms with van der Waals surface area (Å²) in [6, 6.07) is 10.3. The topological polar surface area (TPSA) is 59.9 Å². The van der Waals surface area contributed by atoms with Crippen LogP contribution in [0.5, 0.6) is 0 Å². The van der Waals surface area contributed by atoms with E-state index in [9.17, 15) is 5.11 Å². The molecule has 0 saturated carbocycles. The third kappa shape index (κ3) is 5.19. The quantitative estimate of drug-likeness (QED) is 0.538. The number of nitrogens with one attached hydrogen (secondary N) is 2. The summed E-state index contributed by atoms with van der Waals surface area (Å²) in [5.41, 5.74) is 0. The maximum Gasteiger partial charge on any atom is 0.191 e. The van der Waals surface area contributed by atoms with Gasteiger partial charge in [-0.3, -0.25) is 4.99 Å². The highest BCUT2D eigenvalue weighted by molar-refractivity contribution is 7.19. The lowest BCUT2D eigenvalue weighted by Crippen LogP contribution is -2.42. The number of aliphatic imine (C=N–C) groups is 1. The molecule has 1 aliphatic rings. The van der Waals surface area contributed by atoms with Crippen LogP contribution in [-0.2, 0) is 0 Å². The van der Waals surface area contributed by atoms with E-state index >= 15 is 0 Å². The van der Waals surface area contributed by atoms with E-state index in [1.807, 2.05) is 12.1 Å². The first-order valence-corrected chi connectivity index (χ1v) is 10.3. The minimum Gasteiger partial charge on any atom is -0.386 e. The lowest BCUT2D eigenvalue weighted by Gasteiger charge is -2.29. The Morgan fingerprint density at radius 2 is 2.08 bits per heavy atom. The van der Waals surface area contributed by atoms with Crippen LogP contribution < -0.4 is 10.6 Å². The predicted molar refractivity (Wildman–Crippen MR) is 111 cm³/mol. The van der Waals surface area contributed by atoms with Gasteiger partial charge >= 0.3 is 0 Å². The van der Waals surface area contributed by atoms with E-state index in [-0.39, 0.29) is 0 Å². The molecule has 2 heterocycles. The SMILES string of the molecule is CCNC(=NCC(O)c1cc2ccccc2s1)NCC1CCN(C)CC1. The van der Waals surface area contributed by atoms with Crippen molar-refractivity contribution in [1.82, 2.24) is 15.5 Å². The Bertz CT molecular complexity index is 688. The second kappa shape index (κ2) is 9.35. The van der Waals surface area contributed by atoms with Crippen LogP contribution in [0.25, 0.3) is 10.1 Å². The van der Waals surface area contributed by atoms with Gasteiger partial charge in [0.25, 0.3) is 0 Å². The minimum absolute atomic E-state index is 0.371. The fourth-order valence-electron chi connectivity index (χ4n) is 3.28. The van der Waals surface area contributed by atoms with Gasteiger partial charge in [-0.05, 0) is 63.3 Å². The number of aliphatic hydroxyl groups excluding tert-OH is 1. The van der Waals surface area contributed by atoms with Crippen molar-refractivity contribution in [3.05, 3.63) is 35.2 Å². The van der Waals surface area contributed by atoms with E-state index in [2.05, 4.69) is 52.7 Å². The number of nitrogens with zero attached hydrogens (tertiary/aromatic N) is 2. The van der Waals surface area contributed by atoms with Crippen molar-refractivity contribution in [2.75, 3.05) is 39.8 Å². The lowest BCUT2D eigenvalue weighted by molar-refractivity contribution is 0.191. The van der Waals surface area contributed by atoms with Gasteiger partial charge in [-0.2, -0.15) is 0 Å². The molecule has 3 rings (SSSR count). The maximum absolute atomic E-state index is 10.5. The monoisotopic (exact) mass is 374 g/mol. The highest BCUT2D eigenvalue weighted by Crippen LogP contribution is 2.29. The van der Waals surface area contributed by atoms with E-state index in [0.717, 1.165) is 23.9 Å². The molecule has 0 spiro atoms. The number of piperidine rings is 1. The fraction of sp³-hybridized carbons (Fsp3) is 0.550. The van der Waals surface area contributed by atoms with Gasteiger partial charge in [0.2, 0.25) is 0 Å². The highest BCUT2D eigenvalue weighted by atomic mass is 32.1. The van der Waals surface area contributed by atoms with Gasteiger partial charge in [0, 0.05) is 22.7 Å². The number of rotatable bonds is 6. The Morgan fingerprint density at radius 3 is 2.81 bits per heavy atom. The van der Waals surface area contributed by atoms with Gasteiger partial charge in [-0.15, -0.1) is 11.3 Å². The molecule has 5 nitrogen and oxygen atoms in total. The van der Waals surface area contributed by atoms with Gasteiger partial charge < -0.3 is 20.6 Å². The highest BCUT2D eigenvalue weighted by Gasteiger charge is 2.17. The van der Waals surface area contributed by atoms with Gasteiger partial charge in [0.15, 0.2) is 5.96 Å². The summed E-state index contributed by atoms with van der Waals surface area (Å²) in [5.74, 6) is 1.49. The molecule has 142 valence electrons. The molecule has 0 amide bonds. The van der Waals surface area contributed by atoms with Crippen molar-refractivity contribution in [2.45, 2.75) is 25.9 Å². The van der Waals surface area contributed by atoms with Crippen molar-refractivity contribution in [3.63, 3.8) is 0 Å². The summed E-state index contributed by atoms with van der Waals surface area (Å²) < 4.78 is 1.21. The van der Waals surface area contributed by atoms with E-state index in [1.165, 1.54) is 36.0 Å². The van der Waals surface area contributed by atoms with E-state index in [4.69, 9.17) is 0 Å². The molecule has 1 aliphatic heterocycles.